The third kappa shape index (κ3) is 14.5. The first-order valence-corrected chi connectivity index (χ1v) is 30.2. The van der Waals surface area contributed by atoms with E-state index >= 15 is 0 Å². The number of halogens is 1. The number of fused-ring (bicyclic) bond motifs is 4. The molecule has 2 saturated heterocycles. The standard InChI is InChI=1S/C35H39N7O.C19H23ClN4.C15H16N4O/c1-21-17-26(12-11-24(21)19-31-37-23(3)28-18-22(2)43-34(28)40-31)38-33-29(20-36)32(27-9-7-8-10-30(27)39-33)42-15-13-25(14-16-42)41-35(4,5)6;1-19(2,3)23-13-8-10-24(11-9-13)17-14-6-4-5-7-16(14)22-18(20)15(17)12-21;1-8-4-5-11(16)7-13(8)18-15-17-10(3)12-6-9(2)20-14(12)19-15/h7-12,17-18,25,41H,13-16,19H2,1-6H3,(H,38,39);4-7,13,23H,8-11H2,1-3H3;4-7H,16H2,1-3H3,(H,17,18,19). The Bertz CT molecular complexity index is 4240. The number of hydrogen-bond acceptors (Lipinski definition) is 17. The second-order valence-corrected chi connectivity index (χ2v) is 25.4. The number of anilines is 7. The molecule has 17 nitrogen and oxygen atoms in total. The largest absolute Gasteiger partial charge is 0.443 e. The molecular formula is C69H78ClN15O2. The fourth-order valence-electron chi connectivity index (χ4n) is 11.8. The van der Waals surface area contributed by atoms with Gasteiger partial charge >= 0.3 is 0 Å². The molecule has 12 rings (SSSR count). The molecule has 0 atom stereocenters. The lowest BCUT2D eigenvalue weighted by Crippen LogP contribution is -2.49. The van der Waals surface area contributed by atoms with Gasteiger partial charge in [0.15, 0.2) is 5.82 Å². The summed E-state index contributed by atoms with van der Waals surface area (Å²) >= 11 is 6.27. The minimum Gasteiger partial charge on any atom is -0.443 e. The van der Waals surface area contributed by atoms with E-state index in [1.807, 2.05) is 113 Å². The Hall–Kier alpha value is -8.87. The van der Waals surface area contributed by atoms with Crippen LogP contribution in [-0.2, 0) is 6.42 Å². The van der Waals surface area contributed by atoms with Gasteiger partial charge in [0.2, 0.25) is 17.4 Å². The Morgan fingerprint density at radius 1 is 0.575 bits per heavy atom. The lowest BCUT2D eigenvalue weighted by molar-refractivity contribution is 0.317. The zero-order valence-corrected chi connectivity index (χ0v) is 52.8. The van der Waals surface area contributed by atoms with Crippen LogP contribution in [-0.4, -0.2) is 79.2 Å². The van der Waals surface area contributed by atoms with Crippen molar-refractivity contribution in [3.8, 4) is 12.1 Å². The maximum atomic E-state index is 10.4. The number of nitrogen functional groups attached to an aromatic ring is 1. The molecule has 2 fully saturated rings. The first kappa shape index (κ1) is 61.2. The smallest absolute Gasteiger partial charge is 0.231 e. The average Bonchev–Trinajstić information content (AvgIpc) is 2.09. The Morgan fingerprint density at radius 3 is 1.66 bits per heavy atom. The third-order valence-electron chi connectivity index (χ3n) is 15.7. The van der Waals surface area contributed by atoms with Crippen molar-refractivity contribution in [2.45, 2.75) is 138 Å². The second-order valence-electron chi connectivity index (χ2n) is 25.0. The van der Waals surface area contributed by atoms with Crippen LogP contribution in [0.15, 0.2) is 106 Å². The van der Waals surface area contributed by atoms with E-state index in [4.69, 9.17) is 36.1 Å². The van der Waals surface area contributed by atoms with Crippen LogP contribution in [0.3, 0.4) is 0 Å². The maximum absolute atomic E-state index is 10.4. The van der Waals surface area contributed by atoms with Crippen molar-refractivity contribution in [2.75, 3.05) is 52.3 Å². The summed E-state index contributed by atoms with van der Waals surface area (Å²) in [6.07, 6.45) is 4.76. The number of nitrogens with two attached hydrogens (primary N) is 1. The number of nitriles is 2. The molecule has 0 radical (unpaired) electrons. The van der Waals surface area contributed by atoms with Crippen molar-refractivity contribution in [3.63, 3.8) is 0 Å². The zero-order valence-electron chi connectivity index (χ0n) is 52.0. The molecule has 10 aromatic rings. The lowest BCUT2D eigenvalue weighted by Gasteiger charge is -2.38. The number of furan rings is 2. The number of benzene rings is 4. The minimum atomic E-state index is 0.0802. The molecule has 18 heteroatoms. The summed E-state index contributed by atoms with van der Waals surface area (Å²) in [7, 11) is 0. The van der Waals surface area contributed by atoms with E-state index in [9.17, 15) is 10.5 Å². The van der Waals surface area contributed by atoms with E-state index in [1.54, 1.807) is 0 Å². The number of nitrogens with one attached hydrogen (secondary N) is 4. The van der Waals surface area contributed by atoms with Crippen LogP contribution < -0.4 is 36.8 Å². The van der Waals surface area contributed by atoms with Crippen LogP contribution >= 0.6 is 11.6 Å². The van der Waals surface area contributed by atoms with Crippen LogP contribution in [0.25, 0.3) is 44.0 Å². The van der Waals surface area contributed by atoms with Crippen molar-refractivity contribution < 1.29 is 8.83 Å². The Balaban J connectivity index is 0.000000160. The van der Waals surface area contributed by atoms with Gasteiger partial charge in [0, 0.05) is 83.6 Å². The summed E-state index contributed by atoms with van der Waals surface area (Å²) in [5, 5.41) is 38.3. The SMILES string of the molecule is CC(C)(C)NC1CCN(c2c(C#N)c(Cl)nc3ccccc23)CC1.Cc1cc2c(C)nc(Cc3ccc(Nc4nc5ccccc5c(N5CCC(NC(C)(C)C)CC5)c4C#N)cc3C)nc2o1.Cc1cc2c(C)nc(Nc3cc(N)ccc3C)nc2o1. The molecule has 0 unspecified atom stereocenters. The molecule has 0 saturated carbocycles. The molecule has 87 heavy (non-hydrogen) atoms. The molecule has 0 spiro atoms. The summed E-state index contributed by atoms with van der Waals surface area (Å²) in [5.41, 5.74) is 19.5. The Kier molecular flexibility index (Phi) is 18.0. The maximum Gasteiger partial charge on any atom is 0.231 e. The molecule has 8 heterocycles. The molecule has 0 bridgehead atoms. The van der Waals surface area contributed by atoms with Crippen molar-refractivity contribution in [1.29, 1.82) is 10.5 Å². The normalized spacial score (nSPS) is 14.1. The molecule has 6 N–H and O–H groups in total. The first-order chi connectivity index (χ1) is 41.5. The molecule has 2 aliphatic rings. The highest BCUT2D eigenvalue weighted by molar-refractivity contribution is 6.31. The van der Waals surface area contributed by atoms with Crippen LogP contribution in [0.2, 0.25) is 5.15 Å². The van der Waals surface area contributed by atoms with Gasteiger partial charge < -0.3 is 45.6 Å². The van der Waals surface area contributed by atoms with Crippen molar-refractivity contribution in [2.24, 2.45) is 0 Å². The number of hydrogen-bond donors (Lipinski definition) is 5. The Labute approximate surface area is 514 Å². The zero-order chi connectivity index (χ0) is 61.9. The van der Waals surface area contributed by atoms with Crippen LogP contribution in [0, 0.1) is 64.2 Å². The highest BCUT2D eigenvalue weighted by Gasteiger charge is 2.29. The molecule has 2 aliphatic heterocycles. The third-order valence-corrected chi connectivity index (χ3v) is 16.0. The predicted octanol–water partition coefficient (Wildman–Crippen LogP) is 14.8. The fourth-order valence-corrected chi connectivity index (χ4v) is 12.0. The lowest BCUT2D eigenvalue weighted by atomic mass is 9.98. The number of piperidine rings is 2. The highest BCUT2D eigenvalue weighted by Crippen LogP contribution is 2.39. The summed E-state index contributed by atoms with van der Waals surface area (Å²) in [6.45, 7) is 28.7. The van der Waals surface area contributed by atoms with E-state index in [-0.39, 0.29) is 11.1 Å². The van der Waals surface area contributed by atoms with Crippen molar-refractivity contribution in [3.05, 3.63) is 159 Å². The van der Waals surface area contributed by atoms with Gasteiger partial charge in [-0.15, -0.1) is 0 Å². The van der Waals surface area contributed by atoms with E-state index < -0.39 is 0 Å². The van der Waals surface area contributed by atoms with Crippen LogP contribution in [0.1, 0.15) is 124 Å². The van der Waals surface area contributed by atoms with Gasteiger partial charge in [-0.25, -0.2) is 19.9 Å². The average molecular weight is 1180 g/mol. The summed E-state index contributed by atoms with van der Waals surface area (Å²) in [6, 6.07) is 37.6. The predicted molar refractivity (Wildman–Crippen MR) is 353 cm³/mol. The number of rotatable bonds is 10. The minimum absolute atomic E-state index is 0.0802. The quantitative estimate of drug-likeness (QED) is 0.0633. The van der Waals surface area contributed by atoms with Gasteiger partial charge in [0.1, 0.15) is 45.8 Å². The molecule has 0 amide bonds. The molecular weight excluding hydrogens is 1110 g/mol. The molecule has 4 aromatic carbocycles. The fraction of sp³-hybridized carbons (Fsp3) is 0.362. The second kappa shape index (κ2) is 25.6. The number of nitrogens with zero attached hydrogens (tertiary/aromatic N) is 10. The first-order valence-electron chi connectivity index (χ1n) is 29.8. The van der Waals surface area contributed by atoms with Gasteiger partial charge in [0.25, 0.3) is 0 Å². The van der Waals surface area contributed by atoms with E-state index in [0.29, 0.717) is 63.7 Å². The van der Waals surface area contributed by atoms with Gasteiger partial charge in [-0.05, 0) is 174 Å². The topological polar surface area (TPSA) is 232 Å². The van der Waals surface area contributed by atoms with E-state index in [1.165, 1.54) is 0 Å². The van der Waals surface area contributed by atoms with Gasteiger partial charge in [-0.3, -0.25) is 0 Å². The van der Waals surface area contributed by atoms with Crippen LogP contribution in [0.4, 0.5) is 40.2 Å². The van der Waals surface area contributed by atoms with Gasteiger partial charge in [-0.1, -0.05) is 60.1 Å². The monoisotopic (exact) mass is 1180 g/mol. The molecule has 448 valence electrons. The molecule has 6 aromatic heterocycles. The summed E-state index contributed by atoms with van der Waals surface area (Å²) < 4.78 is 11.3. The number of aromatic nitrogens is 6. The van der Waals surface area contributed by atoms with E-state index in [2.05, 4.69) is 130 Å². The highest BCUT2D eigenvalue weighted by atomic mass is 35.5. The summed E-state index contributed by atoms with van der Waals surface area (Å²) in [5.74, 6) is 3.49. The van der Waals surface area contributed by atoms with E-state index in [0.717, 1.165) is 153 Å². The van der Waals surface area contributed by atoms with Gasteiger partial charge in [0.05, 0.1) is 44.6 Å². The van der Waals surface area contributed by atoms with Gasteiger partial charge in [-0.2, -0.15) is 20.5 Å². The molecule has 0 aliphatic carbocycles. The number of para-hydroxylation sites is 2. The number of aryl methyl sites for hydroxylation is 6. The van der Waals surface area contributed by atoms with Crippen molar-refractivity contribution in [1.82, 2.24) is 40.5 Å². The van der Waals surface area contributed by atoms with Crippen molar-refractivity contribution >= 4 is 95.8 Å². The van der Waals surface area contributed by atoms with Crippen LogP contribution in [0.5, 0.6) is 0 Å². The number of pyridine rings is 2. The summed E-state index contributed by atoms with van der Waals surface area (Å²) in [4.78, 5) is 32.2. The Morgan fingerprint density at radius 2 is 1.10 bits per heavy atom.